The van der Waals surface area contributed by atoms with E-state index in [0.29, 0.717) is 0 Å². The maximum absolute atomic E-state index is 0. The minimum absolute atomic E-state index is 0. The quantitative estimate of drug-likeness (QED) is 0.560. The van der Waals surface area contributed by atoms with Gasteiger partial charge in [-0.3, -0.25) is 0 Å². The summed E-state index contributed by atoms with van der Waals surface area (Å²) in [5, 5.41) is 0. The summed E-state index contributed by atoms with van der Waals surface area (Å²) in [6, 6.07) is 0. The van der Waals surface area contributed by atoms with Crippen molar-refractivity contribution in [3.8, 4) is 0 Å². The van der Waals surface area contributed by atoms with Crippen LogP contribution in [-0.4, -0.2) is 0 Å². The summed E-state index contributed by atoms with van der Waals surface area (Å²) >= 11 is 0. The van der Waals surface area contributed by atoms with Gasteiger partial charge in [-0.25, -0.2) is 0 Å². The zero-order valence-electron chi connectivity index (χ0n) is 1.82. The first-order valence-electron chi connectivity index (χ1n) is 0. The van der Waals surface area contributed by atoms with E-state index in [4.69, 9.17) is 0 Å². The van der Waals surface area contributed by atoms with Crippen LogP contribution in [0, 0.1) is 22.3 Å². The van der Waals surface area contributed by atoms with Gasteiger partial charge in [-0.05, 0) is 0 Å². The number of hydrogen-bond donors (Lipinski definition) is 0. The van der Waals surface area contributed by atoms with Crippen LogP contribution in [0.2, 0.25) is 0 Å². The van der Waals surface area contributed by atoms with Crippen molar-refractivity contribution in [3.05, 3.63) is 22.3 Å². The molecule has 4 heavy (non-hydrogen) atoms. The molecule has 0 amide bonds. The van der Waals surface area contributed by atoms with Crippen molar-refractivity contribution in [2.75, 3.05) is 0 Å². The van der Waals surface area contributed by atoms with Crippen molar-refractivity contribution in [1.29, 1.82) is 0 Å². The molecule has 1 heteroatoms. The molecule has 0 spiro atoms. The third kappa shape index (κ3) is 16.2. The molecule has 0 nitrogen and oxygen atoms in total. The van der Waals surface area contributed by atoms with E-state index in [9.17, 15) is 0 Å². The van der Waals surface area contributed by atoms with Gasteiger partial charge < -0.3 is 0 Å². The van der Waals surface area contributed by atoms with Crippen LogP contribution in [0.15, 0.2) is 0 Å². The average molecular weight is 231 g/mol. The first-order chi connectivity index (χ1) is 0. The minimum Gasteiger partial charge on any atom is 0 e. The van der Waals surface area contributed by atoms with Crippen molar-refractivity contribution in [2.45, 2.75) is 0 Å². The van der Waals surface area contributed by atoms with Crippen molar-refractivity contribution in [1.82, 2.24) is 0 Å². The van der Waals surface area contributed by atoms with Crippen molar-refractivity contribution >= 4 is 0 Å². The van der Waals surface area contributed by atoms with Crippen molar-refractivity contribution in [2.24, 2.45) is 0 Å². The average Bonchev–Trinajstić information content (AvgIpc) is 0. The Balaban J connectivity index is 0. The van der Waals surface area contributed by atoms with E-state index in [2.05, 4.69) is 0 Å². The van der Waals surface area contributed by atoms with Crippen LogP contribution < -0.4 is 0 Å². The molecule has 0 aromatic carbocycles. The van der Waals surface area contributed by atoms with Gasteiger partial charge in [0.1, 0.15) is 0 Å². The van der Waals surface area contributed by atoms with Crippen LogP contribution in [0.4, 0.5) is 0 Å². The molecule has 0 aliphatic rings. The van der Waals surface area contributed by atoms with Gasteiger partial charge in [0.15, 0.2) is 0 Å². The van der Waals surface area contributed by atoms with Gasteiger partial charge in [0.05, 0.1) is 0 Å². The Morgan fingerprint density at radius 3 is 0.500 bits per heavy atom. The monoisotopic (exact) mass is 231 g/mol. The fourth-order valence-electron chi connectivity index (χ4n) is 0. The smallest absolute Gasteiger partial charge is 0 e. The molecule has 0 aromatic rings. The summed E-state index contributed by atoms with van der Waals surface area (Å²) < 4.78 is 0. The maximum Gasteiger partial charge on any atom is 0 e. The van der Waals surface area contributed by atoms with Crippen LogP contribution in [-0.2, 0) is 21.1 Å². The molecule has 0 rings (SSSR count). The Morgan fingerprint density at radius 2 is 0.500 bits per heavy atom. The molecule has 0 atom stereocenters. The number of hydrogen-bond acceptors (Lipinski definition) is 0. The SMILES string of the molecule is [C].[C].[C].[Pt]. The van der Waals surface area contributed by atoms with Gasteiger partial charge in [-0.2, -0.15) is 0 Å². The van der Waals surface area contributed by atoms with Crippen molar-refractivity contribution < 1.29 is 21.1 Å². The molecule has 0 aliphatic carbocycles. The molecule has 0 unspecified atom stereocenters. The molecule has 0 bridgehead atoms. The molecule has 12 radical (unpaired) electrons. The van der Waals surface area contributed by atoms with Gasteiger partial charge >= 0.3 is 0 Å². The van der Waals surface area contributed by atoms with Crippen LogP contribution in [0.25, 0.3) is 0 Å². The Hall–Kier alpha value is 0.688. The zero-order valence-corrected chi connectivity index (χ0v) is 4.09. The fourth-order valence-corrected chi connectivity index (χ4v) is 0. The van der Waals surface area contributed by atoms with Crippen LogP contribution in [0.1, 0.15) is 0 Å². The van der Waals surface area contributed by atoms with Crippen LogP contribution in [0.5, 0.6) is 0 Å². The molecule has 0 aromatic heterocycles. The molecule has 0 aliphatic heterocycles. The van der Waals surface area contributed by atoms with Gasteiger partial charge in [-0.1, -0.05) is 0 Å². The summed E-state index contributed by atoms with van der Waals surface area (Å²) in [5.74, 6) is 0. The van der Waals surface area contributed by atoms with Gasteiger partial charge in [0, 0.05) is 43.3 Å². The standard InChI is InChI=1S/3C.Pt. The largest absolute Gasteiger partial charge is 0 e. The van der Waals surface area contributed by atoms with E-state index in [1.807, 2.05) is 0 Å². The van der Waals surface area contributed by atoms with Gasteiger partial charge in [-0.15, -0.1) is 0 Å². The first kappa shape index (κ1) is 135. The minimum atomic E-state index is 0. The third-order valence-corrected chi connectivity index (χ3v) is 0. The zero-order chi connectivity index (χ0) is 0. The molecular weight excluding hydrogens is 231 g/mol. The summed E-state index contributed by atoms with van der Waals surface area (Å²) in [6.07, 6.45) is 0. The topological polar surface area (TPSA) is 0 Å². The van der Waals surface area contributed by atoms with Crippen LogP contribution in [0.3, 0.4) is 0 Å². The Labute approximate surface area is 43.9 Å². The summed E-state index contributed by atoms with van der Waals surface area (Å²) in [4.78, 5) is 0. The molecule has 0 fully saturated rings. The van der Waals surface area contributed by atoms with Crippen molar-refractivity contribution in [3.63, 3.8) is 0 Å². The number of rotatable bonds is 0. The normalized spacial score (nSPS) is 0. The molecule has 0 heterocycles. The Bertz CT molecular complexity index is 3.25. The van der Waals surface area contributed by atoms with E-state index in [-0.39, 0.29) is 43.3 Å². The summed E-state index contributed by atoms with van der Waals surface area (Å²) in [7, 11) is 0. The predicted molar refractivity (Wildman–Crippen MR) is 9.73 cm³/mol. The molecule has 0 N–H and O–H groups in total. The Kier molecular flexibility index (Phi) is 1890. The summed E-state index contributed by atoms with van der Waals surface area (Å²) in [6.45, 7) is 0. The molecule has 0 saturated carbocycles. The molecule has 22 valence electrons. The van der Waals surface area contributed by atoms with Gasteiger partial charge in [0.25, 0.3) is 0 Å². The second-order valence-corrected chi connectivity index (χ2v) is 0. The van der Waals surface area contributed by atoms with Crippen LogP contribution >= 0.6 is 0 Å². The Morgan fingerprint density at radius 1 is 0.500 bits per heavy atom. The van der Waals surface area contributed by atoms with E-state index in [1.54, 1.807) is 0 Å². The predicted octanol–water partition coefficient (Wildman–Crippen LogP) is 0.241. The molecule has 0 saturated heterocycles. The first-order valence-corrected chi connectivity index (χ1v) is 0. The van der Waals surface area contributed by atoms with Gasteiger partial charge in [0.2, 0.25) is 0 Å². The van der Waals surface area contributed by atoms with E-state index >= 15 is 0 Å². The fraction of sp³-hybridized carbons (Fsp3) is 0. The van der Waals surface area contributed by atoms with E-state index in [0.717, 1.165) is 0 Å². The molecular formula is C3Pt. The maximum atomic E-state index is 0. The summed E-state index contributed by atoms with van der Waals surface area (Å²) in [5.41, 5.74) is 0. The van der Waals surface area contributed by atoms with E-state index in [1.165, 1.54) is 0 Å². The second-order valence-electron chi connectivity index (χ2n) is 0. The third-order valence-electron chi connectivity index (χ3n) is 0. The van der Waals surface area contributed by atoms with E-state index < -0.39 is 0 Å². The second kappa shape index (κ2) is 56.3.